The zero-order valence-electron chi connectivity index (χ0n) is 13.6. The molecule has 132 valence electrons. The third kappa shape index (κ3) is 5.15. The Morgan fingerprint density at radius 2 is 1.54 bits per heavy atom. The van der Waals surface area contributed by atoms with E-state index in [4.69, 9.17) is 32.7 Å². The standard InChI is InChI=1S/C20H15Cl2NO3/c21-14-6-9-16(10-7-14)25-13-20(24)23-18-12-15(22)8-11-19(18)26-17-4-2-1-3-5-17/h1-12H,13H2,(H,23,24). The number of anilines is 1. The van der Waals surface area contributed by atoms with Crippen LogP contribution in [0.2, 0.25) is 10.0 Å². The van der Waals surface area contributed by atoms with Gasteiger partial charge in [0.25, 0.3) is 5.91 Å². The van der Waals surface area contributed by atoms with Crippen molar-refractivity contribution < 1.29 is 14.3 Å². The lowest BCUT2D eigenvalue weighted by molar-refractivity contribution is -0.118. The van der Waals surface area contributed by atoms with Gasteiger partial charge in [-0.15, -0.1) is 0 Å². The third-order valence-corrected chi connectivity index (χ3v) is 3.86. The van der Waals surface area contributed by atoms with Crippen LogP contribution in [-0.4, -0.2) is 12.5 Å². The summed E-state index contributed by atoms with van der Waals surface area (Å²) in [5.74, 6) is 1.36. The van der Waals surface area contributed by atoms with Crippen molar-refractivity contribution in [2.45, 2.75) is 0 Å². The molecule has 3 rings (SSSR count). The fraction of sp³-hybridized carbons (Fsp3) is 0.0500. The summed E-state index contributed by atoms with van der Waals surface area (Å²) in [5, 5.41) is 3.84. The van der Waals surface area contributed by atoms with Crippen molar-refractivity contribution >= 4 is 34.8 Å². The number of carbonyl (C=O) groups excluding carboxylic acids is 1. The summed E-state index contributed by atoms with van der Waals surface area (Å²) in [5.41, 5.74) is 0.464. The molecule has 0 aliphatic rings. The Hall–Kier alpha value is -2.69. The molecule has 0 radical (unpaired) electrons. The summed E-state index contributed by atoms with van der Waals surface area (Å²) in [7, 11) is 0. The van der Waals surface area contributed by atoms with Crippen molar-refractivity contribution in [1.29, 1.82) is 0 Å². The summed E-state index contributed by atoms with van der Waals surface area (Å²) in [6, 6.07) is 21.1. The van der Waals surface area contributed by atoms with Gasteiger partial charge in [-0.1, -0.05) is 41.4 Å². The maximum atomic E-state index is 12.2. The quantitative estimate of drug-likeness (QED) is 0.580. The van der Waals surface area contributed by atoms with Crippen molar-refractivity contribution in [3.05, 3.63) is 82.8 Å². The highest BCUT2D eigenvalue weighted by Crippen LogP contribution is 2.32. The highest BCUT2D eigenvalue weighted by atomic mass is 35.5. The molecular formula is C20H15Cl2NO3. The van der Waals surface area contributed by atoms with Crippen molar-refractivity contribution in [1.82, 2.24) is 0 Å². The molecule has 0 saturated carbocycles. The van der Waals surface area contributed by atoms with E-state index in [1.165, 1.54) is 0 Å². The fourth-order valence-electron chi connectivity index (χ4n) is 2.17. The Bertz CT molecular complexity index is 883. The van der Waals surface area contributed by atoms with Crippen molar-refractivity contribution in [2.24, 2.45) is 0 Å². The minimum Gasteiger partial charge on any atom is -0.484 e. The Morgan fingerprint density at radius 3 is 2.27 bits per heavy atom. The van der Waals surface area contributed by atoms with Gasteiger partial charge in [0, 0.05) is 10.0 Å². The first kappa shape index (κ1) is 18.1. The van der Waals surface area contributed by atoms with Gasteiger partial charge in [-0.2, -0.15) is 0 Å². The van der Waals surface area contributed by atoms with Crippen molar-refractivity contribution in [2.75, 3.05) is 11.9 Å². The van der Waals surface area contributed by atoms with E-state index >= 15 is 0 Å². The van der Waals surface area contributed by atoms with Crippen LogP contribution < -0.4 is 14.8 Å². The summed E-state index contributed by atoms with van der Waals surface area (Å²) in [6.07, 6.45) is 0. The number of halogens is 2. The maximum Gasteiger partial charge on any atom is 0.262 e. The molecule has 0 unspecified atom stereocenters. The zero-order chi connectivity index (χ0) is 18.4. The first-order valence-corrected chi connectivity index (χ1v) is 8.56. The molecule has 26 heavy (non-hydrogen) atoms. The number of para-hydroxylation sites is 1. The predicted octanol–water partition coefficient (Wildman–Crippen LogP) is 5.80. The monoisotopic (exact) mass is 387 g/mol. The summed E-state index contributed by atoms with van der Waals surface area (Å²) in [4.78, 5) is 12.2. The van der Waals surface area contributed by atoms with Gasteiger partial charge < -0.3 is 14.8 Å². The molecular weight excluding hydrogens is 373 g/mol. The van der Waals surface area contributed by atoms with E-state index in [0.29, 0.717) is 33.0 Å². The largest absolute Gasteiger partial charge is 0.484 e. The van der Waals surface area contributed by atoms with E-state index in [9.17, 15) is 4.79 Å². The van der Waals surface area contributed by atoms with E-state index in [0.717, 1.165) is 0 Å². The normalized spacial score (nSPS) is 10.2. The highest BCUT2D eigenvalue weighted by Gasteiger charge is 2.11. The average molecular weight is 388 g/mol. The lowest BCUT2D eigenvalue weighted by Gasteiger charge is -2.13. The predicted molar refractivity (Wildman–Crippen MR) is 104 cm³/mol. The summed E-state index contributed by atoms with van der Waals surface area (Å²) < 4.78 is 11.3. The van der Waals surface area contributed by atoms with Crippen LogP contribution >= 0.6 is 23.2 Å². The molecule has 0 aromatic heterocycles. The SMILES string of the molecule is O=C(COc1ccc(Cl)cc1)Nc1cc(Cl)ccc1Oc1ccccc1. The average Bonchev–Trinajstić information content (AvgIpc) is 2.64. The lowest BCUT2D eigenvalue weighted by atomic mass is 10.2. The van der Waals surface area contributed by atoms with Gasteiger partial charge in [-0.05, 0) is 54.6 Å². The molecule has 0 heterocycles. The number of hydrogen-bond acceptors (Lipinski definition) is 3. The van der Waals surface area contributed by atoms with E-state index in [1.807, 2.05) is 30.3 Å². The highest BCUT2D eigenvalue weighted by molar-refractivity contribution is 6.31. The van der Waals surface area contributed by atoms with Crippen LogP contribution in [0.4, 0.5) is 5.69 Å². The topological polar surface area (TPSA) is 47.6 Å². The molecule has 0 fully saturated rings. The molecule has 1 amide bonds. The number of carbonyl (C=O) groups is 1. The Labute approximate surface area is 161 Å². The molecule has 6 heteroatoms. The van der Waals surface area contributed by atoms with E-state index < -0.39 is 0 Å². The number of rotatable bonds is 6. The molecule has 1 N–H and O–H groups in total. The molecule has 0 bridgehead atoms. The molecule has 0 aliphatic carbocycles. The van der Waals surface area contributed by atoms with Crippen LogP contribution in [0.15, 0.2) is 72.8 Å². The Balaban J connectivity index is 1.67. The van der Waals surface area contributed by atoms with E-state index in [1.54, 1.807) is 42.5 Å². The smallest absolute Gasteiger partial charge is 0.262 e. The second-order valence-electron chi connectivity index (χ2n) is 5.35. The maximum absolute atomic E-state index is 12.2. The van der Waals surface area contributed by atoms with Crippen LogP contribution in [-0.2, 0) is 4.79 Å². The molecule has 0 saturated heterocycles. The lowest BCUT2D eigenvalue weighted by Crippen LogP contribution is -2.20. The van der Waals surface area contributed by atoms with Gasteiger partial charge in [0.1, 0.15) is 11.5 Å². The number of ether oxygens (including phenoxy) is 2. The molecule has 0 aliphatic heterocycles. The number of benzene rings is 3. The zero-order valence-corrected chi connectivity index (χ0v) is 15.1. The Morgan fingerprint density at radius 1 is 0.846 bits per heavy atom. The first-order chi connectivity index (χ1) is 12.6. The van der Waals surface area contributed by atoms with Crippen molar-refractivity contribution in [3.8, 4) is 17.2 Å². The molecule has 4 nitrogen and oxygen atoms in total. The van der Waals surface area contributed by atoms with Crippen LogP contribution in [0, 0.1) is 0 Å². The minimum absolute atomic E-state index is 0.154. The van der Waals surface area contributed by atoms with Crippen LogP contribution in [0.25, 0.3) is 0 Å². The molecule has 0 atom stereocenters. The molecule has 3 aromatic rings. The van der Waals surface area contributed by atoms with Crippen LogP contribution in [0.3, 0.4) is 0 Å². The Kier molecular flexibility index (Phi) is 6.00. The minimum atomic E-state index is -0.333. The van der Waals surface area contributed by atoms with Gasteiger partial charge >= 0.3 is 0 Å². The van der Waals surface area contributed by atoms with Gasteiger partial charge in [0.15, 0.2) is 12.4 Å². The van der Waals surface area contributed by atoms with Gasteiger partial charge in [-0.3, -0.25) is 4.79 Å². The summed E-state index contributed by atoms with van der Waals surface area (Å²) in [6.45, 7) is -0.154. The molecule has 3 aromatic carbocycles. The first-order valence-electron chi connectivity index (χ1n) is 7.81. The fourth-order valence-corrected chi connectivity index (χ4v) is 2.47. The van der Waals surface area contributed by atoms with Crippen LogP contribution in [0.5, 0.6) is 17.2 Å². The number of hydrogen-bond donors (Lipinski definition) is 1. The van der Waals surface area contributed by atoms with Crippen molar-refractivity contribution in [3.63, 3.8) is 0 Å². The summed E-state index contributed by atoms with van der Waals surface area (Å²) >= 11 is 11.9. The van der Waals surface area contributed by atoms with Crippen LogP contribution in [0.1, 0.15) is 0 Å². The van der Waals surface area contributed by atoms with E-state index in [2.05, 4.69) is 5.32 Å². The van der Waals surface area contributed by atoms with Gasteiger partial charge in [-0.25, -0.2) is 0 Å². The molecule has 0 spiro atoms. The van der Waals surface area contributed by atoms with E-state index in [-0.39, 0.29) is 12.5 Å². The number of amides is 1. The second-order valence-corrected chi connectivity index (χ2v) is 6.22. The second kappa shape index (κ2) is 8.61. The third-order valence-electron chi connectivity index (χ3n) is 3.37. The van der Waals surface area contributed by atoms with Gasteiger partial charge in [0.05, 0.1) is 5.69 Å². The number of nitrogens with one attached hydrogen (secondary N) is 1. The van der Waals surface area contributed by atoms with Gasteiger partial charge in [0.2, 0.25) is 0 Å².